The van der Waals surface area contributed by atoms with Gasteiger partial charge in [0.25, 0.3) is 0 Å². The molecule has 102 valence electrons. The van der Waals surface area contributed by atoms with Crippen LogP contribution in [0.4, 0.5) is 4.79 Å². The van der Waals surface area contributed by atoms with Gasteiger partial charge in [0.2, 0.25) is 0 Å². The number of amides is 1. The Morgan fingerprint density at radius 2 is 2.00 bits per heavy atom. The molecular weight excluding hydrogens is 236 g/mol. The van der Waals surface area contributed by atoms with E-state index in [1.165, 1.54) is 12.0 Å². The largest absolute Gasteiger partial charge is 0.467 e. The standard InChI is InChI=1S/C12H20N2O4/c1-12(2,3)18-11(16)14-7-8(13-4)6-9(14)10(15)17-5/h8-9H,4,6-7H2,1-3,5H3/t8-,9-/m0/s1. The molecular formula is C12H20N2O4. The van der Waals surface area contributed by atoms with Gasteiger partial charge in [0, 0.05) is 13.0 Å². The highest BCUT2D eigenvalue weighted by atomic mass is 16.6. The van der Waals surface area contributed by atoms with E-state index in [2.05, 4.69) is 16.4 Å². The van der Waals surface area contributed by atoms with Gasteiger partial charge in [-0.3, -0.25) is 9.89 Å². The summed E-state index contributed by atoms with van der Waals surface area (Å²) in [6, 6.07) is -0.790. The summed E-state index contributed by atoms with van der Waals surface area (Å²) in [4.78, 5) is 28.8. The molecule has 6 heteroatoms. The van der Waals surface area contributed by atoms with Gasteiger partial charge < -0.3 is 9.47 Å². The fraction of sp³-hybridized carbons (Fsp3) is 0.750. The molecule has 0 spiro atoms. The van der Waals surface area contributed by atoms with Crippen LogP contribution in [0.2, 0.25) is 0 Å². The van der Waals surface area contributed by atoms with Crippen molar-refractivity contribution in [2.75, 3.05) is 13.7 Å². The molecule has 0 aliphatic carbocycles. The number of carbonyl (C=O) groups excluding carboxylic acids is 2. The van der Waals surface area contributed by atoms with E-state index in [1.807, 2.05) is 0 Å². The highest BCUT2D eigenvalue weighted by molar-refractivity contribution is 5.82. The van der Waals surface area contributed by atoms with Crippen LogP contribution in [0, 0.1) is 0 Å². The SMILES string of the molecule is C=N[C@H]1C[C@@H](C(=O)OC)N(C(=O)OC(C)(C)C)C1. The molecule has 2 atom stereocenters. The average Bonchev–Trinajstić information content (AvgIpc) is 2.69. The van der Waals surface area contributed by atoms with Gasteiger partial charge in [-0.15, -0.1) is 0 Å². The van der Waals surface area contributed by atoms with Crippen molar-refractivity contribution in [3.63, 3.8) is 0 Å². The Hall–Kier alpha value is -1.59. The fourth-order valence-corrected chi connectivity index (χ4v) is 1.83. The number of carbonyl (C=O) groups is 2. The first kappa shape index (κ1) is 14.5. The summed E-state index contributed by atoms with van der Waals surface area (Å²) in [5, 5.41) is 0. The zero-order valence-corrected chi connectivity index (χ0v) is 11.3. The van der Waals surface area contributed by atoms with Crippen LogP contribution in [-0.4, -0.2) is 55.0 Å². The second kappa shape index (κ2) is 5.37. The lowest BCUT2D eigenvalue weighted by molar-refractivity contribution is -0.145. The van der Waals surface area contributed by atoms with Crippen molar-refractivity contribution in [3.8, 4) is 0 Å². The molecule has 18 heavy (non-hydrogen) atoms. The van der Waals surface area contributed by atoms with Crippen LogP contribution < -0.4 is 0 Å². The molecule has 0 aromatic rings. The Kier molecular flexibility index (Phi) is 4.32. The smallest absolute Gasteiger partial charge is 0.411 e. The maximum atomic E-state index is 12.0. The van der Waals surface area contributed by atoms with E-state index in [0.717, 1.165) is 0 Å². The third kappa shape index (κ3) is 3.45. The predicted molar refractivity (Wildman–Crippen MR) is 66.7 cm³/mol. The van der Waals surface area contributed by atoms with Crippen LogP contribution in [0.5, 0.6) is 0 Å². The lowest BCUT2D eigenvalue weighted by Crippen LogP contribution is -2.43. The van der Waals surface area contributed by atoms with Crippen molar-refractivity contribution < 1.29 is 19.1 Å². The van der Waals surface area contributed by atoms with Gasteiger partial charge in [-0.2, -0.15) is 0 Å². The van der Waals surface area contributed by atoms with E-state index in [9.17, 15) is 9.59 Å². The number of rotatable bonds is 2. The van der Waals surface area contributed by atoms with Crippen molar-refractivity contribution >= 4 is 18.8 Å². The minimum Gasteiger partial charge on any atom is -0.467 e. The molecule has 1 rings (SSSR count). The first-order valence-corrected chi connectivity index (χ1v) is 5.81. The van der Waals surface area contributed by atoms with E-state index >= 15 is 0 Å². The highest BCUT2D eigenvalue weighted by Crippen LogP contribution is 2.23. The number of nitrogens with zero attached hydrogens (tertiary/aromatic N) is 2. The topological polar surface area (TPSA) is 68.2 Å². The Morgan fingerprint density at radius 1 is 1.39 bits per heavy atom. The zero-order chi connectivity index (χ0) is 13.9. The van der Waals surface area contributed by atoms with E-state index in [1.54, 1.807) is 20.8 Å². The highest BCUT2D eigenvalue weighted by Gasteiger charge is 2.41. The maximum absolute atomic E-state index is 12.0. The molecule has 1 aliphatic rings. The summed E-state index contributed by atoms with van der Waals surface area (Å²) in [6.45, 7) is 9.11. The molecule has 0 aromatic carbocycles. The molecule has 0 N–H and O–H groups in total. The molecule has 1 amide bonds. The number of ether oxygens (including phenoxy) is 2. The zero-order valence-electron chi connectivity index (χ0n) is 11.3. The Labute approximate surface area is 107 Å². The number of hydrogen-bond donors (Lipinski definition) is 0. The van der Waals surface area contributed by atoms with Gasteiger partial charge in [-0.25, -0.2) is 9.59 Å². The molecule has 0 radical (unpaired) electrons. The Balaban J connectivity index is 2.80. The average molecular weight is 256 g/mol. The van der Waals surface area contributed by atoms with Gasteiger partial charge in [0.05, 0.1) is 13.2 Å². The molecule has 1 heterocycles. The predicted octanol–water partition coefficient (Wildman–Crippen LogP) is 1.24. The third-order valence-corrected chi connectivity index (χ3v) is 2.64. The monoisotopic (exact) mass is 256 g/mol. The summed E-state index contributed by atoms with van der Waals surface area (Å²) in [7, 11) is 1.30. The van der Waals surface area contributed by atoms with Crippen molar-refractivity contribution in [1.82, 2.24) is 4.90 Å². The van der Waals surface area contributed by atoms with Gasteiger partial charge >= 0.3 is 12.1 Å². The number of methoxy groups -OCH3 is 1. The number of esters is 1. The number of hydrogen-bond acceptors (Lipinski definition) is 5. The lowest BCUT2D eigenvalue weighted by Gasteiger charge is -2.27. The molecule has 0 unspecified atom stereocenters. The second-order valence-electron chi connectivity index (χ2n) is 5.24. The molecule has 0 aromatic heterocycles. The molecule has 6 nitrogen and oxygen atoms in total. The van der Waals surface area contributed by atoms with Crippen LogP contribution in [0.3, 0.4) is 0 Å². The van der Waals surface area contributed by atoms with E-state index < -0.39 is 23.7 Å². The summed E-state index contributed by atoms with van der Waals surface area (Å²) >= 11 is 0. The van der Waals surface area contributed by atoms with Crippen molar-refractivity contribution in [2.24, 2.45) is 4.99 Å². The summed E-state index contributed by atoms with van der Waals surface area (Å²) < 4.78 is 9.94. The maximum Gasteiger partial charge on any atom is 0.411 e. The van der Waals surface area contributed by atoms with Crippen LogP contribution >= 0.6 is 0 Å². The molecule has 0 saturated carbocycles. The molecule has 1 fully saturated rings. The van der Waals surface area contributed by atoms with Gasteiger partial charge in [0.1, 0.15) is 11.6 Å². The van der Waals surface area contributed by atoms with E-state index in [0.29, 0.717) is 13.0 Å². The molecule has 1 aliphatic heterocycles. The van der Waals surface area contributed by atoms with Crippen LogP contribution in [0.15, 0.2) is 4.99 Å². The molecule has 1 saturated heterocycles. The summed E-state index contributed by atoms with van der Waals surface area (Å²) in [5.41, 5.74) is -0.600. The lowest BCUT2D eigenvalue weighted by atomic mass is 10.2. The third-order valence-electron chi connectivity index (χ3n) is 2.64. The van der Waals surface area contributed by atoms with Crippen LogP contribution in [0.25, 0.3) is 0 Å². The minimum absolute atomic E-state index is 0.151. The summed E-state index contributed by atoms with van der Waals surface area (Å²) in [5.74, 6) is -0.452. The number of aliphatic imine (C=N–C) groups is 1. The minimum atomic E-state index is -0.639. The van der Waals surface area contributed by atoms with Gasteiger partial charge in [0.15, 0.2) is 0 Å². The van der Waals surface area contributed by atoms with Gasteiger partial charge in [-0.05, 0) is 27.5 Å². The van der Waals surface area contributed by atoms with Crippen LogP contribution in [0.1, 0.15) is 27.2 Å². The van der Waals surface area contributed by atoms with Crippen molar-refractivity contribution in [3.05, 3.63) is 0 Å². The van der Waals surface area contributed by atoms with Crippen LogP contribution in [-0.2, 0) is 14.3 Å². The summed E-state index contributed by atoms with van der Waals surface area (Å²) in [6.07, 6.45) is -0.0980. The first-order chi connectivity index (χ1) is 8.28. The number of likely N-dealkylation sites (tertiary alicyclic amines) is 1. The van der Waals surface area contributed by atoms with E-state index in [4.69, 9.17) is 4.74 Å². The van der Waals surface area contributed by atoms with Crippen molar-refractivity contribution in [2.45, 2.75) is 44.9 Å². The first-order valence-electron chi connectivity index (χ1n) is 5.81. The normalized spacial score (nSPS) is 23.7. The quantitative estimate of drug-likeness (QED) is 0.550. The van der Waals surface area contributed by atoms with Gasteiger partial charge in [-0.1, -0.05) is 0 Å². The Morgan fingerprint density at radius 3 is 2.44 bits per heavy atom. The van der Waals surface area contributed by atoms with Crippen molar-refractivity contribution in [1.29, 1.82) is 0 Å². The Bertz CT molecular complexity index is 348. The molecule has 0 bridgehead atoms. The van der Waals surface area contributed by atoms with E-state index in [-0.39, 0.29) is 6.04 Å². The fourth-order valence-electron chi connectivity index (χ4n) is 1.83. The second-order valence-corrected chi connectivity index (χ2v) is 5.24.